The van der Waals surface area contributed by atoms with E-state index in [2.05, 4.69) is 11.8 Å². The summed E-state index contributed by atoms with van der Waals surface area (Å²) in [5, 5.41) is 9.41. The minimum atomic E-state index is -0.478. The maximum atomic E-state index is 12.3. The van der Waals surface area contributed by atoms with Crippen LogP contribution in [0.1, 0.15) is 34.6 Å². The molecule has 2 rings (SSSR count). The molecule has 0 aliphatic carbocycles. The van der Waals surface area contributed by atoms with Crippen molar-refractivity contribution in [3.63, 3.8) is 0 Å². The quantitative estimate of drug-likeness (QED) is 0.865. The predicted molar refractivity (Wildman–Crippen MR) is 87.3 cm³/mol. The number of hydrogen-bond acceptors (Lipinski definition) is 4. The van der Waals surface area contributed by atoms with Crippen LogP contribution in [0.15, 0.2) is 24.3 Å². The minimum absolute atomic E-state index is 0.0693. The molecule has 0 spiro atoms. The molecular weight excluding hydrogens is 280 g/mol. The third-order valence-electron chi connectivity index (χ3n) is 3.80. The lowest BCUT2D eigenvalue weighted by Gasteiger charge is -2.45. The molecule has 0 unspecified atom stereocenters. The molecule has 0 bridgehead atoms. The maximum Gasteiger partial charge on any atom is 0.410 e. The Morgan fingerprint density at radius 2 is 1.73 bits per heavy atom. The fraction of sp³-hybridized carbons (Fsp3) is 0.588. The van der Waals surface area contributed by atoms with Crippen molar-refractivity contribution in [1.82, 2.24) is 4.90 Å². The van der Waals surface area contributed by atoms with Crippen LogP contribution in [0.5, 0.6) is 5.75 Å². The summed E-state index contributed by atoms with van der Waals surface area (Å²) in [5.74, 6) is 0.261. The van der Waals surface area contributed by atoms with Crippen LogP contribution < -0.4 is 4.90 Å². The van der Waals surface area contributed by atoms with Gasteiger partial charge in [0.25, 0.3) is 0 Å². The molecule has 22 heavy (non-hydrogen) atoms. The molecule has 1 N–H and O–H groups in total. The summed E-state index contributed by atoms with van der Waals surface area (Å²) in [5.41, 5.74) is 0.578. The number of rotatable bonds is 1. The number of phenolic OH excluding ortho intramolecular Hbond substituents is 1. The van der Waals surface area contributed by atoms with Crippen LogP contribution in [0.25, 0.3) is 0 Å². The van der Waals surface area contributed by atoms with Crippen molar-refractivity contribution in [2.75, 3.05) is 18.0 Å². The number of nitrogens with zero attached hydrogens (tertiary/aromatic N) is 2. The number of carbonyl (C=O) groups excluding carboxylic acids is 1. The largest absolute Gasteiger partial charge is 0.508 e. The normalized spacial score (nSPS) is 22.6. The Hall–Kier alpha value is -1.91. The van der Waals surface area contributed by atoms with Gasteiger partial charge in [0.2, 0.25) is 0 Å². The van der Waals surface area contributed by atoms with Gasteiger partial charge in [-0.25, -0.2) is 4.79 Å². The van der Waals surface area contributed by atoms with Gasteiger partial charge in [-0.2, -0.15) is 0 Å². The number of anilines is 1. The average Bonchev–Trinajstić information content (AvgIpc) is 2.40. The second-order valence-electron chi connectivity index (χ2n) is 7.00. The average molecular weight is 306 g/mol. The molecule has 122 valence electrons. The molecular formula is C17H26N2O3. The van der Waals surface area contributed by atoms with Gasteiger partial charge in [0.05, 0.1) is 0 Å². The van der Waals surface area contributed by atoms with Gasteiger partial charge < -0.3 is 19.6 Å². The Morgan fingerprint density at radius 3 is 2.27 bits per heavy atom. The number of carbonyl (C=O) groups is 1. The van der Waals surface area contributed by atoms with E-state index in [0.29, 0.717) is 6.54 Å². The van der Waals surface area contributed by atoms with Gasteiger partial charge in [0.1, 0.15) is 11.4 Å². The van der Waals surface area contributed by atoms with E-state index in [9.17, 15) is 9.90 Å². The highest BCUT2D eigenvalue weighted by Gasteiger charge is 2.34. The lowest BCUT2D eigenvalue weighted by molar-refractivity contribution is 0.0130. The van der Waals surface area contributed by atoms with Crippen molar-refractivity contribution in [3.8, 4) is 5.75 Å². The standard InChI is InChI=1S/C17H26N2O3/c1-12-11-19(16(21)22-17(3,4)5)13(2)10-18(12)14-6-8-15(20)9-7-14/h6-9,12-13,20H,10-11H2,1-5H3/t12-,13+/m0/s1. The molecule has 0 radical (unpaired) electrons. The molecule has 1 aromatic carbocycles. The van der Waals surface area contributed by atoms with Crippen LogP contribution in [0.4, 0.5) is 10.5 Å². The number of hydrogen-bond donors (Lipinski definition) is 1. The Balaban J connectivity index is 2.08. The number of aromatic hydroxyl groups is 1. The number of ether oxygens (including phenoxy) is 1. The van der Waals surface area contributed by atoms with Crippen molar-refractivity contribution in [3.05, 3.63) is 24.3 Å². The summed E-state index contributed by atoms with van der Waals surface area (Å²) in [6, 6.07) is 7.44. The van der Waals surface area contributed by atoms with Gasteiger partial charge in [-0.1, -0.05) is 0 Å². The van der Waals surface area contributed by atoms with Crippen LogP contribution in [-0.4, -0.2) is 46.9 Å². The van der Waals surface area contributed by atoms with E-state index in [1.807, 2.05) is 39.8 Å². The van der Waals surface area contributed by atoms with Gasteiger partial charge in [0, 0.05) is 30.9 Å². The smallest absolute Gasteiger partial charge is 0.410 e. The molecule has 1 aromatic rings. The van der Waals surface area contributed by atoms with Gasteiger partial charge in [-0.3, -0.25) is 0 Å². The maximum absolute atomic E-state index is 12.3. The zero-order valence-corrected chi connectivity index (χ0v) is 14.0. The highest BCUT2D eigenvalue weighted by Crippen LogP contribution is 2.26. The first-order valence-electron chi connectivity index (χ1n) is 7.72. The summed E-state index contributed by atoms with van der Waals surface area (Å²) >= 11 is 0. The first-order chi connectivity index (χ1) is 10.2. The summed E-state index contributed by atoms with van der Waals surface area (Å²) in [6.45, 7) is 11.1. The lowest BCUT2D eigenvalue weighted by atomic mass is 10.1. The number of phenols is 1. The molecule has 1 heterocycles. The third kappa shape index (κ3) is 3.84. The van der Waals surface area contributed by atoms with E-state index in [1.54, 1.807) is 17.0 Å². The highest BCUT2D eigenvalue weighted by molar-refractivity contribution is 5.69. The van der Waals surface area contributed by atoms with Crippen LogP contribution in [0.2, 0.25) is 0 Å². The van der Waals surface area contributed by atoms with Crippen LogP contribution in [-0.2, 0) is 4.74 Å². The van der Waals surface area contributed by atoms with E-state index in [-0.39, 0.29) is 23.9 Å². The fourth-order valence-electron chi connectivity index (χ4n) is 2.71. The van der Waals surface area contributed by atoms with E-state index in [4.69, 9.17) is 4.74 Å². The molecule has 1 amide bonds. The Morgan fingerprint density at radius 1 is 1.14 bits per heavy atom. The first kappa shape index (κ1) is 16.5. The van der Waals surface area contributed by atoms with E-state index in [0.717, 1.165) is 12.2 Å². The van der Waals surface area contributed by atoms with E-state index < -0.39 is 5.60 Å². The van der Waals surface area contributed by atoms with Crippen LogP contribution in [0, 0.1) is 0 Å². The molecule has 1 aliphatic rings. The Bertz CT molecular complexity index is 522. The monoisotopic (exact) mass is 306 g/mol. The van der Waals surface area contributed by atoms with Gasteiger partial charge >= 0.3 is 6.09 Å². The van der Waals surface area contributed by atoms with Crippen molar-refractivity contribution in [1.29, 1.82) is 0 Å². The van der Waals surface area contributed by atoms with Crippen molar-refractivity contribution < 1.29 is 14.6 Å². The summed E-state index contributed by atoms with van der Waals surface area (Å²) in [6.07, 6.45) is -0.253. The number of piperazine rings is 1. The Labute approximate surface area is 132 Å². The second kappa shape index (κ2) is 6.07. The highest BCUT2D eigenvalue weighted by atomic mass is 16.6. The SMILES string of the molecule is C[C@@H]1CN(c2ccc(O)cc2)[C@@H](C)CN1C(=O)OC(C)(C)C. The summed E-state index contributed by atoms with van der Waals surface area (Å²) < 4.78 is 5.49. The topological polar surface area (TPSA) is 53.0 Å². The molecule has 1 saturated heterocycles. The zero-order valence-electron chi connectivity index (χ0n) is 14.0. The molecule has 1 fully saturated rings. The van der Waals surface area contributed by atoms with E-state index >= 15 is 0 Å². The van der Waals surface area contributed by atoms with E-state index in [1.165, 1.54) is 0 Å². The predicted octanol–water partition coefficient (Wildman–Crippen LogP) is 3.23. The minimum Gasteiger partial charge on any atom is -0.508 e. The third-order valence-corrected chi connectivity index (χ3v) is 3.80. The summed E-state index contributed by atoms with van der Waals surface area (Å²) in [7, 11) is 0. The molecule has 5 heteroatoms. The second-order valence-corrected chi connectivity index (χ2v) is 7.00. The Kier molecular flexibility index (Phi) is 4.54. The van der Waals surface area contributed by atoms with Crippen molar-refractivity contribution in [2.24, 2.45) is 0 Å². The lowest BCUT2D eigenvalue weighted by Crippen LogP contribution is -2.58. The van der Waals surface area contributed by atoms with Gasteiger partial charge in [-0.15, -0.1) is 0 Å². The van der Waals surface area contributed by atoms with Crippen LogP contribution >= 0.6 is 0 Å². The summed E-state index contributed by atoms with van der Waals surface area (Å²) in [4.78, 5) is 16.4. The molecule has 2 atom stereocenters. The fourth-order valence-corrected chi connectivity index (χ4v) is 2.71. The molecule has 0 saturated carbocycles. The number of amides is 1. The molecule has 5 nitrogen and oxygen atoms in total. The zero-order chi connectivity index (χ0) is 16.5. The molecule has 1 aliphatic heterocycles. The van der Waals surface area contributed by atoms with Crippen molar-refractivity contribution in [2.45, 2.75) is 52.3 Å². The van der Waals surface area contributed by atoms with Gasteiger partial charge in [0.15, 0.2) is 0 Å². The van der Waals surface area contributed by atoms with Crippen molar-refractivity contribution >= 4 is 11.8 Å². The first-order valence-corrected chi connectivity index (χ1v) is 7.72. The van der Waals surface area contributed by atoms with Gasteiger partial charge in [-0.05, 0) is 58.9 Å². The number of benzene rings is 1. The molecule has 0 aromatic heterocycles. The van der Waals surface area contributed by atoms with Crippen LogP contribution in [0.3, 0.4) is 0 Å².